The molecule has 3 aromatic rings. The minimum Gasteiger partial charge on any atom is -0.350 e. The molecule has 1 aromatic heterocycles. The first-order chi connectivity index (χ1) is 17.8. The highest BCUT2D eigenvalue weighted by atomic mass is 32.1. The second-order valence-electron chi connectivity index (χ2n) is 10.1. The van der Waals surface area contributed by atoms with E-state index in [0.717, 1.165) is 51.7 Å². The monoisotopic (exact) mass is 493 g/mol. The molecule has 7 rings (SSSR count). The molecule has 3 heterocycles. The first-order valence-electron chi connectivity index (χ1n) is 13.3. The van der Waals surface area contributed by atoms with Gasteiger partial charge in [0.2, 0.25) is 0 Å². The summed E-state index contributed by atoms with van der Waals surface area (Å²) in [5.74, 6) is 0. The van der Waals surface area contributed by atoms with E-state index in [1.807, 2.05) is 22.6 Å². The van der Waals surface area contributed by atoms with Gasteiger partial charge in [-0.05, 0) is 101 Å². The number of ether oxygens (including phenoxy) is 1. The van der Waals surface area contributed by atoms with E-state index in [1.54, 1.807) is 11.1 Å². The van der Waals surface area contributed by atoms with Crippen molar-refractivity contribution in [3.8, 4) is 11.1 Å². The number of hydrogen-bond donors (Lipinski definition) is 0. The number of hydroxylamine groups is 2. The van der Waals surface area contributed by atoms with Gasteiger partial charge in [-0.1, -0.05) is 48.6 Å². The number of thiophene rings is 1. The van der Waals surface area contributed by atoms with Gasteiger partial charge in [0.25, 0.3) is 0 Å². The molecular weight excluding hydrogens is 462 g/mol. The maximum absolute atomic E-state index is 5.98. The molecule has 0 amide bonds. The molecule has 0 N–H and O–H groups in total. The smallest absolute Gasteiger partial charge is 0.183 e. The number of hydrogen-bond acceptors (Lipinski definition) is 4. The third-order valence-corrected chi connectivity index (χ3v) is 9.11. The van der Waals surface area contributed by atoms with Crippen LogP contribution in [-0.2, 0) is 28.8 Å². The van der Waals surface area contributed by atoms with Crippen LogP contribution in [0.2, 0.25) is 0 Å². The van der Waals surface area contributed by atoms with Crippen LogP contribution < -0.4 is 0 Å². The van der Waals surface area contributed by atoms with Crippen LogP contribution in [0.25, 0.3) is 28.3 Å². The predicted molar refractivity (Wildman–Crippen MR) is 148 cm³/mol. The van der Waals surface area contributed by atoms with E-state index < -0.39 is 0 Å². The second kappa shape index (κ2) is 9.51. The Morgan fingerprint density at radius 1 is 0.861 bits per heavy atom. The SMILES string of the molecule is C1=CN(OC2CCCCO2)CC=C1c1ccc(C2=Cc3ccc4c(c3CC2)CCc2ccccc2-4)s1. The average Bonchev–Trinajstić information content (AvgIpc) is 3.44. The normalized spacial score (nSPS) is 20.8. The van der Waals surface area contributed by atoms with Crippen molar-refractivity contribution < 1.29 is 9.57 Å². The van der Waals surface area contributed by atoms with Crippen molar-refractivity contribution in [2.24, 2.45) is 0 Å². The first-order valence-corrected chi connectivity index (χ1v) is 14.1. The van der Waals surface area contributed by atoms with Gasteiger partial charge >= 0.3 is 0 Å². The summed E-state index contributed by atoms with van der Waals surface area (Å²) in [6.07, 6.45) is 16.7. The number of rotatable bonds is 4. The summed E-state index contributed by atoms with van der Waals surface area (Å²) in [5.41, 5.74) is 11.7. The van der Waals surface area contributed by atoms with Crippen LogP contribution in [0.3, 0.4) is 0 Å². The van der Waals surface area contributed by atoms with Gasteiger partial charge in [-0.2, -0.15) is 0 Å². The van der Waals surface area contributed by atoms with Gasteiger partial charge in [0.05, 0.1) is 6.54 Å². The lowest BCUT2D eigenvalue weighted by molar-refractivity contribution is -0.267. The molecule has 3 nitrogen and oxygen atoms in total. The van der Waals surface area contributed by atoms with E-state index in [-0.39, 0.29) is 6.29 Å². The first kappa shape index (κ1) is 22.3. The zero-order valence-electron chi connectivity index (χ0n) is 20.5. The topological polar surface area (TPSA) is 21.7 Å². The maximum atomic E-state index is 5.98. The van der Waals surface area contributed by atoms with Crippen LogP contribution in [-0.4, -0.2) is 24.5 Å². The molecule has 2 aliphatic heterocycles. The van der Waals surface area contributed by atoms with E-state index in [4.69, 9.17) is 9.57 Å². The quantitative estimate of drug-likeness (QED) is 0.372. The van der Waals surface area contributed by atoms with E-state index >= 15 is 0 Å². The zero-order chi connectivity index (χ0) is 23.9. The fraction of sp³-hybridized carbons (Fsp3) is 0.312. The van der Waals surface area contributed by atoms with E-state index in [2.05, 4.69) is 66.8 Å². The van der Waals surface area contributed by atoms with Crippen LogP contribution in [0.1, 0.15) is 57.7 Å². The summed E-state index contributed by atoms with van der Waals surface area (Å²) < 4.78 is 5.71. The predicted octanol–water partition coefficient (Wildman–Crippen LogP) is 7.67. The molecule has 1 atom stereocenters. The molecule has 36 heavy (non-hydrogen) atoms. The number of aryl methyl sites for hydroxylation is 1. The van der Waals surface area contributed by atoms with Gasteiger partial charge in [-0.3, -0.25) is 5.06 Å². The van der Waals surface area contributed by atoms with E-state index in [0.29, 0.717) is 0 Å². The summed E-state index contributed by atoms with van der Waals surface area (Å²) in [4.78, 5) is 8.70. The Kier molecular flexibility index (Phi) is 5.89. The van der Waals surface area contributed by atoms with E-state index in [9.17, 15) is 0 Å². The molecule has 2 aliphatic carbocycles. The zero-order valence-corrected chi connectivity index (χ0v) is 21.4. The minimum atomic E-state index is -0.104. The van der Waals surface area contributed by atoms with Gasteiger partial charge in [0.1, 0.15) is 0 Å². The highest BCUT2D eigenvalue weighted by Gasteiger charge is 2.23. The van der Waals surface area contributed by atoms with Crippen LogP contribution in [0.5, 0.6) is 0 Å². The largest absolute Gasteiger partial charge is 0.350 e. The Hall–Kier alpha value is -2.92. The van der Waals surface area contributed by atoms with Crippen molar-refractivity contribution in [1.29, 1.82) is 0 Å². The van der Waals surface area contributed by atoms with Crippen molar-refractivity contribution in [1.82, 2.24) is 5.06 Å². The molecule has 1 fully saturated rings. The van der Waals surface area contributed by atoms with Gasteiger partial charge < -0.3 is 4.74 Å². The van der Waals surface area contributed by atoms with Crippen LogP contribution in [0.4, 0.5) is 0 Å². The summed E-state index contributed by atoms with van der Waals surface area (Å²) >= 11 is 1.91. The molecule has 0 bridgehead atoms. The Morgan fingerprint density at radius 3 is 2.67 bits per heavy atom. The van der Waals surface area contributed by atoms with Crippen molar-refractivity contribution in [3.05, 3.63) is 98.9 Å². The number of benzene rings is 2. The van der Waals surface area contributed by atoms with Crippen LogP contribution in [0, 0.1) is 0 Å². The van der Waals surface area contributed by atoms with Crippen molar-refractivity contribution in [2.75, 3.05) is 13.2 Å². The van der Waals surface area contributed by atoms with Gasteiger partial charge in [0, 0.05) is 29.0 Å². The lowest BCUT2D eigenvalue weighted by atomic mass is 9.78. The molecule has 4 aliphatic rings. The number of nitrogens with zero attached hydrogens (tertiary/aromatic N) is 1. The average molecular weight is 494 g/mol. The molecule has 1 unspecified atom stereocenters. The minimum absolute atomic E-state index is 0.104. The van der Waals surface area contributed by atoms with E-state index in [1.165, 1.54) is 49.6 Å². The highest BCUT2D eigenvalue weighted by molar-refractivity contribution is 7.14. The molecule has 2 aromatic carbocycles. The molecule has 0 saturated carbocycles. The fourth-order valence-electron chi connectivity index (χ4n) is 6.01. The Morgan fingerprint density at radius 2 is 1.78 bits per heavy atom. The summed E-state index contributed by atoms with van der Waals surface area (Å²) in [7, 11) is 0. The van der Waals surface area contributed by atoms with Crippen molar-refractivity contribution in [2.45, 2.75) is 51.2 Å². The number of allylic oxidation sites excluding steroid dienone is 3. The molecule has 182 valence electrons. The number of fused-ring (bicyclic) bond motifs is 5. The summed E-state index contributed by atoms with van der Waals surface area (Å²) in [6.45, 7) is 1.56. The summed E-state index contributed by atoms with van der Waals surface area (Å²) in [6, 6.07) is 18.2. The summed E-state index contributed by atoms with van der Waals surface area (Å²) in [5, 5.41) is 1.90. The molecule has 0 radical (unpaired) electrons. The lowest BCUT2D eigenvalue weighted by Crippen LogP contribution is -2.31. The van der Waals surface area contributed by atoms with Crippen molar-refractivity contribution in [3.63, 3.8) is 0 Å². The lowest BCUT2D eigenvalue weighted by Gasteiger charge is -2.29. The third-order valence-electron chi connectivity index (χ3n) is 7.90. The van der Waals surface area contributed by atoms with Gasteiger partial charge in [-0.15, -0.1) is 11.3 Å². The maximum Gasteiger partial charge on any atom is 0.183 e. The van der Waals surface area contributed by atoms with Crippen molar-refractivity contribution >= 4 is 28.6 Å². The van der Waals surface area contributed by atoms with Gasteiger partial charge in [0.15, 0.2) is 6.29 Å². The van der Waals surface area contributed by atoms with Gasteiger partial charge in [-0.25, -0.2) is 4.84 Å². The highest BCUT2D eigenvalue weighted by Crippen LogP contribution is 2.42. The second-order valence-corrected chi connectivity index (χ2v) is 11.2. The van der Waals surface area contributed by atoms with Crippen LogP contribution >= 0.6 is 11.3 Å². The Balaban J connectivity index is 1.08. The molecule has 4 heteroatoms. The molecular formula is C32H31NO2S. The third kappa shape index (κ3) is 4.17. The fourth-order valence-corrected chi connectivity index (χ4v) is 7.08. The van der Waals surface area contributed by atoms with Crippen LogP contribution in [0.15, 0.2) is 66.9 Å². The Labute approximate surface area is 217 Å². The Bertz CT molecular complexity index is 1390. The molecule has 1 saturated heterocycles. The standard InChI is InChI=1S/C32H31NO2S/c1-2-6-26-22(5-1)8-12-29-27-11-10-25(21-24(27)9-13-28(26)29)31-15-14-30(36-31)23-16-18-33(19-17-23)35-32-7-3-4-20-34-32/h1-2,5-6,9,13-18,21,32H,3-4,7-8,10-12,19-20H2. The molecule has 0 spiro atoms.